The average Bonchev–Trinajstić information content (AvgIpc) is 2.42. The van der Waals surface area contributed by atoms with E-state index >= 15 is 0 Å². The van der Waals surface area contributed by atoms with Gasteiger partial charge in [-0.2, -0.15) is 0 Å². The lowest BCUT2D eigenvalue weighted by molar-refractivity contribution is -0.136. The zero-order chi connectivity index (χ0) is 13.7. The second kappa shape index (κ2) is 8.85. The van der Waals surface area contributed by atoms with Crippen molar-refractivity contribution in [2.24, 2.45) is 5.92 Å². The van der Waals surface area contributed by atoms with E-state index in [1.165, 1.54) is 32.1 Å². The molecule has 5 heteroatoms. The van der Waals surface area contributed by atoms with E-state index in [1.54, 1.807) is 0 Å². The summed E-state index contributed by atoms with van der Waals surface area (Å²) >= 11 is 0. The van der Waals surface area contributed by atoms with Crippen molar-refractivity contribution in [3.05, 3.63) is 0 Å². The van der Waals surface area contributed by atoms with E-state index in [-0.39, 0.29) is 12.4 Å². The maximum atomic E-state index is 12.4. The maximum Gasteiger partial charge on any atom is 0.236 e. The maximum absolute atomic E-state index is 12.4. The second-order valence-electron chi connectivity index (χ2n) is 6.21. The Balaban J connectivity index is 0.00000200. The lowest BCUT2D eigenvalue weighted by Crippen LogP contribution is -2.48. The van der Waals surface area contributed by atoms with Crippen molar-refractivity contribution >= 4 is 18.3 Å². The third-order valence-electron chi connectivity index (χ3n) is 4.68. The summed E-state index contributed by atoms with van der Waals surface area (Å²) in [5, 5.41) is 3.26. The number of hydrogen-bond donors (Lipinski definition) is 1. The number of likely N-dealkylation sites (tertiary alicyclic amines) is 2. The molecule has 0 aromatic carbocycles. The van der Waals surface area contributed by atoms with Gasteiger partial charge in [0.25, 0.3) is 0 Å². The fourth-order valence-corrected chi connectivity index (χ4v) is 3.39. The highest BCUT2D eigenvalue weighted by Crippen LogP contribution is 2.19. The molecule has 1 unspecified atom stereocenters. The summed E-state index contributed by atoms with van der Waals surface area (Å²) in [4.78, 5) is 16.8. The molecular weight excluding hydrogens is 274 g/mol. The van der Waals surface area contributed by atoms with Crippen LogP contribution in [0.4, 0.5) is 0 Å². The number of amides is 1. The molecule has 0 bridgehead atoms. The van der Waals surface area contributed by atoms with Gasteiger partial charge in [-0.3, -0.25) is 9.69 Å². The Morgan fingerprint density at radius 3 is 2.45 bits per heavy atom. The van der Waals surface area contributed by atoms with Crippen LogP contribution in [0.1, 0.15) is 39.0 Å². The summed E-state index contributed by atoms with van der Waals surface area (Å²) in [6, 6.07) is 0.447. The fourth-order valence-electron chi connectivity index (χ4n) is 3.39. The number of halogens is 1. The monoisotopic (exact) mass is 303 g/mol. The van der Waals surface area contributed by atoms with Gasteiger partial charge in [0.1, 0.15) is 0 Å². The van der Waals surface area contributed by atoms with Crippen molar-refractivity contribution in [1.29, 1.82) is 0 Å². The van der Waals surface area contributed by atoms with Gasteiger partial charge < -0.3 is 10.2 Å². The molecule has 0 aromatic rings. The van der Waals surface area contributed by atoms with Crippen molar-refractivity contribution in [3.63, 3.8) is 0 Å². The highest BCUT2D eigenvalue weighted by Gasteiger charge is 2.26. The summed E-state index contributed by atoms with van der Waals surface area (Å²) in [7, 11) is 2.02. The Hall–Kier alpha value is -0.320. The molecule has 0 saturated carbocycles. The molecule has 118 valence electrons. The molecule has 0 spiro atoms. The average molecular weight is 304 g/mol. The van der Waals surface area contributed by atoms with Crippen LogP contribution in [0.5, 0.6) is 0 Å². The van der Waals surface area contributed by atoms with E-state index in [0.29, 0.717) is 18.5 Å². The van der Waals surface area contributed by atoms with Gasteiger partial charge in [-0.15, -0.1) is 12.4 Å². The van der Waals surface area contributed by atoms with Crippen molar-refractivity contribution in [2.45, 2.75) is 45.1 Å². The first-order valence-electron chi connectivity index (χ1n) is 7.87. The lowest BCUT2D eigenvalue weighted by atomic mass is 9.97. The molecule has 2 rings (SSSR count). The number of nitrogens with one attached hydrogen (secondary N) is 1. The third kappa shape index (κ3) is 4.90. The van der Waals surface area contributed by atoms with Crippen molar-refractivity contribution < 1.29 is 4.79 Å². The van der Waals surface area contributed by atoms with E-state index in [9.17, 15) is 4.79 Å². The topological polar surface area (TPSA) is 35.6 Å². The zero-order valence-electron chi connectivity index (χ0n) is 12.9. The van der Waals surface area contributed by atoms with Crippen LogP contribution in [0, 0.1) is 5.92 Å². The predicted molar refractivity (Wildman–Crippen MR) is 85.4 cm³/mol. The van der Waals surface area contributed by atoms with Crippen molar-refractivity contribution in [2.75, 3.05) is 39.8 Å². The fraction of sp³-hybridized carbons (Fsp3) is 0.933. The number of carbonyl (C=O) groups is 1. The second-order valence-corrected chi connectivity index (χ2v) is 6.21. The Kier molecular flexibility index (Phi) is 7.85. The van der Waals surface area contributed by atoms with Gasteiger partial charge in [-0.1, -0.05) is 0 Å². The molecule has 0 aliphatic carbocycles. The minimum atomic E-state index is 0. The van der Waals surface area contributed by atoms with Crippen LogP contribution in [0.2, 0.25) is 0 Å². The largest absolute Gasteiger partial charge is 0.339 e. The Morgan fingerprint density at radius 1 is 1.15 bits per heavy atom. The standard InChI is InChI=1S/C15H29N3O.ClH/c1-13-5-3-4-8-18(13)15(19)12-17-9-6-14(7-10-17)11-16-2;/h13-14,16H,3-12H2,1-2H3;1H. The van der Waals surface area contributed by atoms with Crippen molar-refractivity contribution in [3.8, 4) is 0 Å². The molecule has 1 amide bonds. The summed E-state index contributed by atoms with van der Waals surface area (Å²) in [5.41, 5.74) is 0. The summed E-state index contributed by atoms with van der Waals surface area (Å²) in [5.74, 6) is 1.14. The van der Waals surface area contributed by atoms with Gasteiger partial charge in [0.05, 0.1) is 6.54 Å². The highest BCUT2D eigenvalue weighted by atomic mass is 35.5. The van der Waals surface area contributed by atoms with E-state index in [1.807, 2.05) is 7.05 Å². The number of nitrogens with zero attached hydrogens (tertiary/aromatic N) is 2. The quantitative estimate of drug-likeness (QED) is 0.859. The normalized spacial score (nSPS) is 25.3. The molecule has 0 radical (unpaired) electrons. The van der Waals surface area contributed by atoms with Crippen LogP contribution in [-0.2, 0) is 4.79 Å². The number of rotatable bonds is 4. The van der Waals surface area contributed by atoms with Crippen LogP contribution in [0.15, 0.2) is 0 Å². The Bertz CT molecular complexity index is 293. The first-order valence-corrected chi connectivity index (χ1v) is 7.87. The zero-order valence-corrected chi connectivity index (χ0v) is 13.8. The Morgan fingerprint density at radius 2 is 1.85 bits per heavy atom. The minimum Gasteiger partial charge on any atom is -0.339 e. The summed E-state index contributed by atoms with van der Waals surface area (Å²) < 4.78 is 0. The first kappa shape index (κ1) is 17.7. The molecule has 1 N–H and O–H groups in total. The SMILES string of the molecule is CNCC1CCN(CC(=O)N2CCCCC2C)CC1.Cl. The van der Waals surface area contributed by atoms with E-state index in [4.69, 9.17) is 0 Å². The van der Waals surface area contributed by atoms with E-state index < -0.39 is 0 Å². The molecule has 2 aliphatic heterocycles. The number of carbonyl (C=O) groups excluding carboxylic acids is 1. The number of piperidine rings is 2. The van der Waals surface area contributed by atoms with Crippen LogP contribution in [0.3, 0.4) is 0 Å². The smallest absolute Gasteiger partial charge is 0.236 e. The molecule has 2 aliphatic rings. The van der Waals surface area contributed by atoms with Crippen LogP contribution >= 0.6 is 12.4 Å². The first-order chi connectivity index (χ1) is 9.20. The molecule has 2 saturated heterocycles. The van der Waals surface area contributed by atoms with Gasteiger partial charge in [0, 0.05) is 12.6 Å². The van der Waals surface area contributed by atoms with Crippen LogP contribution in [0.25, 0.3) is 0 Å². The van der Waals surface area contributed by atoms with Gasteiger partial charge >= 0.3 is 0 Å². The predicted octanol–water partition coefficient (Wildman–Crippen LogP) is 1.74. The van der Waals surface area contributed by atoms with Gasteiger partial charge in [0.15, 0.2) is 0 Å². The van der Waals surface area contributed by atoms with E-state index in [0.717, 1.165) is 32.1 Å². The summed E-state index contributed by atoms with van der Waals surface area (Å²) in [6.07, 6.45) is 6.09. The molecule has 2 heterocycles. The molecule has 1 atom stereocenters. The molecular formula is C15H30ClN3O. The lowest BCUT2D eigenvalue weighted by Gasteiger charge is -2.37. The molecule has 4 nitrogen and oxygen atoms in total. The van der Waals surface area contributed by atoms with Crippen LogP contribution < -0.4 is 5.32 Å². The van der Waals surface area contributed by atoms with Crippen LogP contribution in [-0.4, -0.2) is 61.5 Å². The molecule has 20 heavy (non-hydrogen) atoms. The molecule has 2 fully saturated rings. The van der Waals surface area contributed by atoms with Gasteiger partial charge in [-0.25, -0.2) is 0 Å². The van der Waals surface area contributed by atoms with E-state index in [2.05, 4.69) is 22.0 Å². The summed E-state index contributed by atoms with van der Waals surface area (Å²) in [6.45, 7) is 7.08. The number of hydrogen-bond acceptors (Lipinski definition) is 3. The van der Waals surface area contributed by atoms with Crippen molar-refractivity contribution in [1.82, 2.24) is 15.1 Å². The third-order valence-corrected chi connectivity index (χ3v) is 4.68. The highest BCUT2D eigenvalue weighted by molar-refractivity contribution is 5.85. The van der Waals surface area contributed by atoms with Gasteiger partial charge in [0.2, 0.25) is 5.91 Å². The van der Waals surface area contributed by atoms with Gasteiger partial charge in [-0.05, 0) is 71.6 Å². The minimum absolute atomic E-state index is 0. The Labute approximate surface area is 129 Å². The molecule has 0 aromatic heterocycles.